The third kappa shape index (κ3) is 3.44. The zero-order valence-corrected chi connectivity index (χ0v) is 14.9. The lowest BCUT2D eigenvalue weighted by molar-refractivity contribution is -0.117. The first-order chi connectivity index (χ1) is 12.0. The van der Waals surface area contributed by atoms with E-state index in [9.17, 15) is 9.59 Å². The Morgan fingerprint density at radius 1 is 1.08 bits per heavy atom. The van der Waals surface area contributed by atoms with Gasteiger partial charge in [0.2, 0.25) is 5.91 Å². The number of rotatable bonds is 5. The maximum Gasteiger partial charge on any atom is 0.262 e. The SMILES string of the molecule is CC(C)n1c(S[C@H](C(N)=O)c2ccccc2)nc2ccccc2c1=O. The van der Waals surface area contributed by atoms with Crippen molar-refractivity contribution in [3.63, 3.8) is 0 Å². The highest BCUT2D eigenvalue weighted by Gasteiger charge is 2.23. The van der Waals surface area contributed by atoms with E-state index in [1.54, 1.807) is 16.7 Å². The van der Waals surface area contributed by atoms with Gasteiger partial charge in [-0.15, -0.1) is 0 Å². The molecule has 0 aliphatic carbocycles. The van der Waals surface area contributed by atoms with Gasteiger partial charge in [0.25, 0.3) is 5.56 Å². The lowest BCUT2D eigenvalue weighted by Gasteiger charge is -2.19. The van der Waals surface area contributed by atoms with Crippen LogP contribution in [0.4, 0.5) is 0 Å². The van der Waals surface area contributed by atoms with E-state index in [1.165, 1.54) is 11.8 Å². The van der Waals surface area contributed by atoms with Gasteiger partial charge in [0, 0.05) is 6.04 Å². The lowest BCUT2D eigenvalue weighted by atomic mass is 10.1. The molecule has 1 atom stereocenters. The molecule has 0 unspecified atom stereocenters. The number of thioether (sulfide) groups is 1. The summed E-state index contributed by atoms with van der Waals surface area (Å²) >= 11 is 1.21. The Bertz CT molecular complexity index is 967. The number of amides is 1. The maximum absolute atomic E-state index is 12.9. The average Bonchev–Trinajstić information content (AvgIpc) is 2.60. The van der Waals surface area contributed by atoms with E-state index in [2.05, 4.69) is 4.98 Å². The predicted octanol–water partition coefficient (Wildman–Crippen LogP) is 3.30. The summed E-state index contributed by atoms with van der Waals surface area (Å²) in [5.74, 6) is -0.464. The molecule has 0 aliphatic heterocycles. The summed E-state index contributed by atoms with van der Waals surface area (Å²) in [7, 11) is 0. The Labute approximate surface area is 149 Å². The van der Waals surface area contributed by atoms with Gasteiger partial charge in [-0.25, -0.2) is 4.98 Å². The number of hydrogen-bond acceptors (Lipinski definition) is 4. The average molecular weight is 353 g/mol. The zero-order valence-electron chi connectivity index (χ0n) is 14.0. The van der Waals surface area contributed by atoms with Gasteiger partial charge in [-0.1, -0.05) is 54.2 Å². The molecule has 0 spiro atoms. The first kappa shape index (κ1) is 17.2. The van der Waals surface area contributed by atoms with Crippen LogP contribution in [0.5, 0.6) is 0 Å². The first-order valence-corrected chi connectivity index (χ1v) is 8.89. The largest absolute Gasteiger partial charge is 0.368 e. The fraction of sp³-hybridized carbons (Fsp3) is 0.211. The van der Waals surface area contributed by atoms with Gasteiger partial charge < -0.3 is 5.73 Å². The molecule has 3 aromatic rings. The quantitative estimate of drug-likeness (QED) is 0.564. The molecule has 2 N–H and O–H groups in total. The van der Waals surface area contributed by atoms with Crippen molar-refractivity contribution in [1.82, 2.24) is 9.55 Å². The molecule has 2 aromatic carbocycles. The van der Waals surface area contributed by atoms with Gasteiger partial charge in [-0.3, -0.25) is 14.2 Å². The molecular weight excluding hydrogens is 334 g/mol. The van der Waals surface area contributed by atoms with Crippen molar-refractivity contribution >= 4 is 28.6 Å². The molecule has 5 nitrogen and oxygen atoms in total. The molecule has 0 radical (unpaired) electrons. The molecule has 1 aromatic heterocycles. The highest BCUT2D eigenvalue weighted by atomic mass is 32.2. The highest BCUT2D eigenvalue weighted by molar-refractivity contribution is 8.00. The van der Waals surface area contributed by atoms with Gasteiger partial charge >= 0.3 is 0 Å². The van der Waals surface area contributed by atoms with Crippen molar-refractivity contribution in [2.75, 3.05) is 0 Å². The van der Waals surface area contributed by atoms with Crippen LogP contribution in [0.15, 0.2) is 64.5 Å². The van der Waals surface area contributed by atoms with Gasteiger partial charge in [-0.05, 0) is 31.5 Å². The first-order valence-electron chi connectivity index (χ1n) is 8.01. The van der Waals surface area contributed by atoms with Crippen LogP contribution in [0.2, 0.25) is 0 Å². The standard InChI is InChI=1S/C19H19N3O2S/c1-12(2)22-18(24)14-10-6-7-11-15(14)21-19(22)25-16(17(20)23)13-8-4-3-5-9-13/h3-12,16H,1-2H3,(H2,20,23)/t16-/m0/s1. The van der Waals surface area contributed by atoms with Crippen LogP contribution in [0.25, 0.3) is 10.9 Å². The summed E-state index contributed by atoms with van der Waals surface area (Å²) in [6, 6.07) is 16.4. The molecule has 0 saturated carbocycles. The summed E-state index contributed by atoms with van der Waals surface area (Å²) in [4.78, 5) is 29.5. The molecule has 0 aliphatic rings. The summed E-state index contributed by atoms with van der Waals surface area (Å²) in [6.07, 6.45) is 0. The lowest BCUT2D eigenvalue weighted by Crippen LogP contribution is -2.26. The zero-order chi connectivity index (χ0) is 18.0. The summed E-state index contributed by atoms with van der Waals surface area (Å²) in [5, 5.41) is 0.446. The van der Waals surface area contributed by atoms with Crippen LogP contribution in [0, 0.1) is 0 Å². The molecule has 0 fully saturated rings. The number of para-hydroxylation sites is 1. The molecule has 128 valence electrons. The number of fused-ring (bicyclic) bond motifs is 1. The van der Waals surface area contributed by atoms with E-state index in [1.807, 2.05) is 56.3 Å². The minimum Gasteiger partial charge on any atom is -0.368 e. The fourth-order valence-electron chi connectivity index (χ4n) is 2.69. The number of nitrogens with two attached hydrogens (primary N) is 1. The molecule has 0 saturated heterocycles. The van der Waals surface area contributed by atoms with Crippen molar-refractivity contribution < 1.29 is 4.79 Å². The monoisotopic (exact) mass is 353 g/mol. The van der Waals surface area contributed by atoms with Crippen molar-refractivity contribution in [1.29, 1.82) is 0 Å². The number of carbonyl (C=O) groups is 1. The molecule has 1 amide bonds. The maximum atomic E-state index is 12.9. The van der Waals surface area contributed by atoms with Crippen LogP contribution in [0.1, 0.15) is 30.7 Å². The second-order valence-corrected chi connectivity index (χ2v) is 7.06. The Morgan fingerprint density at radius 3 is 2.36 bits per heavy atom. The van der Waals surface area contributed by atoms with E-state index < -0.39 is 11.2 Å². The normalized spacial score (nSPS) is 12.4. The second kappa shape index (κ2) is 7.11. The smallest absolute Gasteiger partial charge is 0.262 e. The van der Waals surface area contributed by atoms with Crippen molar-refractivity contribution in [3.8, 4) is 0 Å². The fourth-order valence-corrected chi connectivity index (χ4v) is 3.87. The van der Waals surface area contributed by atoms with E-state index in [0.29, 0.717) is 16.1 Å². The summed E-state index contributed by atoms with van der Waals surface area (Å²) in [6.45, 7) is 3.84. The molecule has 3 rings (SSSR count). The van der Waals surface area contributed by atoms with E-state index in [-0.39, 0.29) is 11.6 Å². The van der Waals surface area contributed by atoms with Gasteiger partial charge in [0.15, 0.2) is 5.16 Å². The Hall–Kier alpha value is -2.60. The Morgan fingerprint density at radius 2 is 1.72 bits per heavy atom. The van der Waals surface area contributed by atoms with Crippen molar-refractivity contribution in [2.24, 2.45) is 5.73 Å². The highest BCUT2D eigenvalue weighted by Crippen LogP contribution is 2.34. The minimum absolute atomic E-state index is 0.0867. The van der Waals surface area contributed by atoms with Crippen LogP contribution >= 0.6 is 11.8 Å². The molecule has 6 heteroatoms. The number of benzene rings is 2. The second-order valence-electron chi connectivity index (χ2n) is 5.99. The van der Waals surface area contributed by atoms with Gasteiger partial charge in [-0.2, -0.15) is 0 Å². The van der Waals surface area contributed by atoms with E-state index >= 15 is 0 Å². The molecular formula is C19H19N3O2S. The topological polar surface area (TPSA) is 78.0 Å². The van der Waals surface area contributed by atoms with Gasteiger partial charge in [0.05, 0.1) is 10.9 Å². The molecule has 0 bridgehead atoms. The van der Waals surface area contributed by atoms with Crippen LogP contribution in [-0.4, -0.2) is 15.5 Å². The Kier molecular flexibility index (Phi) is 4.90. The third-order valence-electron chi connectivity index (χ3n) is 3.88. The summed E-state index contributed by atoms with van der Waals surface area (Å²) in [5.41, 5.74) is 6.91. The Balaban J connectivity index is 2.15. The van der Waals surface area contributed by atoms with Crippen LogP contribution < -0.4 is 11.3 Å². The van der Waals surface area contributed by atoms with Crippen LogP contribution in [-0.2, 0) is 4.79 Å². The summed E-state index contributed by atoms with van der Waals surface area (Å²) < 4.78 is 1.62. The predicted molar refractivity (Wildman–Crippen MR) is 101 cm³/mol. The number of carbonyl (C=O) groups excluding carboxylic acids is 1. The van der Waals surface area contributed by atoms with Crippen LogP contribution in [0.3, 0.4) is 0 Å². The van der Waals surface area contributed by atoms with Crippen molar-refractivity contribution in [2.45, 2.75) is 30.3 Å². The number of primary amides is 1. The number of hydrogen-bond donors (Lipinski definition) is 1. The van der Waals surface area contributed by atoms with Crippen molar-refractivity contribution in [3.05, 3.63) is 70.5 Å². The number of aromatic nitrogens is 2. The van der Waals surface area contributed by atoms with Gasteiger partial charge in [0.1, 0.15) is 5.25 Å². The number of nitrogens with zero attached hydrogens (tertiary/aromatic N) is 2. The molecule has 1 heterocycles. The van der Waals surface area contributed by atoms with E-state index in [0.717, 1.165) is 5.56 Å². The minimum atomic E-state index is -0.612. The van der Waals surface area contributed by atoms with E-state index in [4.69, 9.17) is 5.73 Å². The third-order valence-corrected chi connectivity index (χ3v) is 5.11. The molecule has 25 heavy (non-hydrogen) atoms.